The molecule has 0 spiro atoms. The Balaban J connectivity index is 2.57. The highest BCUT2D eigenvalue weighted by atomic mass is 15.3. The Labute approximate surface area is 106 Å². The lowest BCUT2D eigenvalue weighted by atomic mass is 9.96. The van der Waals surface area contributed by atoms with Gasteiger partial charge in [-0.15, -0.1) is 0 Å². The second-order valence-corrected chi connectivity index (χ2v) is 5.66. The first kappa shape index (κ1) is 14.1. The standard InChI is InChI=1S/C14H27N3/c1-6-17-8-7-14(16-17)15-13(9-11(2)3)10-12(4)5/h7-8,11-13H,6,9-10H2,1-5H3,(H,15,16). The molecule has 0 saturated heterocycles. The molecule has 0 aliphatic carbocycles. The molecule has 1 aromatic heterocycles. The van der Waals surface area contributed by atoms with Crippen LogP contribution in [0.2, 0.25) is 0 Å². The van der Waals surface area contributed by atoms with Crippen molar-refractivity contribution in [1.29, 1.82) is 0 Å². The second-order valence-electron chi connectivity index (χ2n) is 5.66. The Bertz CT molecular complexity index is 305. The van der Waals surface area contributed by atoms with Gasteiger partial charge in [0.2, 0.25) is 0 Å². The van der Waals surface area contributed by atoms with Gasteiger partial charge >= 0.3 is 0 Å². The van der Waals surface area contributed by atoms with Crippen molar-refractivity contribution in [3.8, 4) is 0 Å². The highest BCUT2D eigenvalue weighted by molar-refractivity contribution is 5.33. The zero-order valence-corrected chi connectivity index (χ0v) is 11.9. The quantitative estimate of drug-likeness (QED) is 0.782. The maximum Gasteiger partial charge on any atom is 0.148 e. The topological polar surface area (TPSA) is 29.9 Å². The van der Waals surface area contributed by atoms with E-state index in [0.717, 1.165) is 24.2 Å². The molecule has 1 aromatic rings. The number of rotatable bonds is 7. The van der Waals surface area contributed by atoms with E-state index in [-0.39, 0.29) is 0 Å². The van der Waals surface area contributed by atoms with Crippen molar-refractivity contribution >= 4 is 5.82 Å². The minimum Gasteiger partial charge on any atom is -0.366 e. The van der Waals surface area contributed by atoms with Gasteiger partial charge in [0.1, 0.15) is 5.82 Å². The van der Waals surface area contributed by atoms with Crippen LogP contribution in [-0.2, 0) is 6.54 Å². The lowest BCUT2D eigenvalue weighted by Gasteiger charge is -2.22. The summed E-state index contributed by atoms with van der Waals surface area (Å²) in [4.78, 5) is 0. The first-order chi connectivity index (χ1) is 8.01. The summed E-state index contributed by atoms with van der Waals surface area (Å²) in [5.41, 5.74) is 0. The average Bonchev–Trinajstić information content (AvgIpc) is 2.63. The summed E-state index contributed by atoms with van der Waals surface area (Å²) in [5.74, 6) is 2.46. The Kier molecular flexibility index (Phi) is 5.52. The largest absolute Gasteiger partial charge is 0.366 e. The van der Waals surface area contributed by atoms with Crippen LogP contribution >= 0.6 is 0 Å². The first-order valence-electron chi connectivity index (χ1n) is 6.81. The lowest BCUT2D eigenvalue weighted by molar-refractivity contribution is 0.441. The van der Waals surface area contributed by atoms with Gasteiger partial charge in [0.15, 0.2) is 0 Å². The van der Waals surface area contributed by atoms with Crippen LogP contribution in [0.5, 0.6) is 0 Å². The van der Waals surface area contributed by atoms with Gasteiger partial charge in [-0.2, -0.15) is 5.10 Å². The molecule has 1 rings (SSSR count). The Morgan fingerprint density at radius 2 is 1.76 bits per heavy atom. The maximum atomic E-state index is 4.49. The summed E-state index contributed by atoms with van der Waals surface area (Å²) in [5, 5.41) is 8.05. The van der Waals surface area contributed by atoms with Crippen molar-refractivity contribution in [2.45, 2.75) is 60.0 Å². The van der Waals surface area contributed by atoms with E-state index in [1.165, 1.54) is 12.8 Å². The molecule has 0 fully saturated rings. The van der Waals surface area contributed by atoms with E-state index < -0.39 is 0 Å². The molecule has 98 valence electrons. The second kappa shape index (κ2) is 6.67. The van der Waals surface area contributed by atoms with Crippen molar-refractivity contribution in [2.75, 3.05) is 5.32 Å². The zero-order chi connectivity index (χ0) is 12.8. The van der Waals surface area contributed by atoms with Gasteiger partial charge in [-0.3, -0.25) is 4.68 Å². The summed E-state index contributed by atoms with van der Waals surface area (Å²) < 4.78 is 1.96. The van der Waals surface area contributed by atoms with Gasteiger partial charge in [-0.1, -0.05) is 27.7 Å². The fourth-order valence-electron chi connectivity index (χ4n) is 2.18. The zero-order valence-electron chi connectivity index (χ0n) is 11.9. The number of hydrogen-bond acceptors (Lipinski definition) is 2. The molecule has 0 aliphatic rings. The van der Waals surface area contributed by atoms with Crippen molar-refractivity contribution in [3.05, 3.63) is 12.3 Å². The SMILES string of the molecule is CCn1ccc(NC(CC(C)C)CC(C)C)n1. The number of anilines is 1. The average molecular weight is 237 g/mol. The van der Waals surface area contributed by atoms with E-state index in [4.69, 9.17) is 0 Å². The smallest absolute Gasteiger partial charge is 0.148 e. The highest BCUT2D eigenvalue weighted by Gasteiger charge is 2.13. The van der Waals surface area contributed by atoms with E-state index in [1.807, 2.05) is 10.9 Å². The highest BCUT2D eigenvalue weighted by Crippen LogP contribution is 2.17. The summed E-state index contributed by atoms with van der Waals surface area (Å²) in [6.45, 7) is 12.1. The number of aromatic nitrogens is 2. The number of hydrogen-bond donors (Lipinski definition) is 1. The van der Waals surface area contributed by atoms with E-state index in [2.05, 4.69) is 51.1 Å². The van der Waals surface area contributed by atoms with Gasteiger partial charge in [0, 0.05) is 24.8 Å². The summed E-state index contributed by atoms with van der Waals surface area (Å²) in [6, 6.07) is 2.60. The van der Waals surface area contributed by atoms with Crippen molar-refractivity contribution in [2.24, 2.45) is 11.8 Å². The molecule has 3 nitrogen and oxygen atoms in total. The van der Waals surface area contributed by atoms with E-state index >= 15 is 0 Å². The number of nitrogens with zero attached hydrogens (tertiary/aromatic N) is 2. The predicted octanol–water partition coefficient (Wildman–Crippen LogP) is 3.78. The Morgan fingerprint density at radius 1 is 1.18 bits per heavy atom. The summed E-state index contributed by atoms with van der Waals surface area (Å²) >= 11 is 0. The third-order valence-electron chi connectivity index (χ3n) is 2.83. The molecule has 1 heterocycles. The Morgan fingerprint density at radius 3 is 2.18 bits per heavy atom. The molecule has 0 saturated carbocycles. The fourth-order valence-corrected chi connectivity index (χ4v) is 2.18. The maximum absolute atomic E-state index is 4.49. The third kappa shape index (κ3) is 5.24. The van der Waals surface area contributed by atoms with Crippen molar-refractivity contribution in [3.63, 3.8) is 0 Å². The molecule has 17 heavy (non-hydrogen) atoms. The van der Waals surface area contributed by atoms with E-state index in [0.29, 0.717) is 6.04 Å². The lowest BCUT2D eigenvalue weighted by Crippen LogP contribution is -2.24. The van der Waals surface area contributed by atoms with Crippen LogP contribution in [0.4, 0.5) is 5.82 Å². The molecule has 3 heteroatoms. The van der Waals surface area contributed by atoms with E-state index in [1.54, 1.807) is 0 Å². The number of aryl methyl sites for hydroxylation is 1. The van der Waals surface area contributed by atoms with Crippen LogP contribution in [-0.4, -0.2) is 15.8 Å². The van der Waals surface area contributed by atoms with Gasteiger partial charge in [0.25, 0.3) is 0 Å². The molecular formula is C14H27N3. The Hall–Kier alpha value is -0.990. The number of nitrogens with one attached hydrogen (secondary N) is 1. The summed E-state index contributed by atoms with van der Waals surface area (Å²) in [7, 11) is 0. The molecule has 0 amide bonds. The van der Waals surface area contributed by atoms with Crippen LogP contribution in [0.25, 0.3) is 0 Å². The van der Waals surface area contributed by atoms with Crippen molar-refractivity contribution in [1.82, 2.24) is 9.78 Å². The van der Waals surface area contributed by atoms with Crippen LogP contribution in [0, 0.1) is 11.8 Å². The van der Waals surface area contributed by atoms with Gasteiger partial charge in [0.05, 0.1) is 0 Å². The predicted molar refractivity (Wildman–Crippen MR) is 74.2 cm³/mol. The van der Waals surface area contributed by atoms with Gasteiger partial charge in [-0.25, -0.2) is 0 Å². The molecule has 0 aromatic carbocycles. The van der Waals surface area contributed by atoms with Crippen molar-refractivity contribution < 1.29 is 0 Å². The first-order valence-corrected chi connectivity index (χ1v) is 6.81. The van der Waals surface area contributed by atoms with Crippen LogP contribution in [0.15, 0.2) is 12.3 Å². The summed E-state index contributed by atoms with van der Waals surface area (Å²) in [6.07, 6.45) is 4.44. The normalized spacial score (nSPS) is 11.8. The third-order valence-corrected chi connectivity index (χ3v) is 2.83. The monoisotopic (exact) mass is 237 g/mol. The van der Waals surface area contributed by atoms with Crippen LogP contribution in [0.1, 0.15) is 47.5 Å². The van der Waals surface area contributed by atoms with E-state index in [9.17, 15) is 0 Å². The molecule has 0 radical (unpaired) electrons. The minimum absolute atomic E-state index is 0.537. The fraction of sp³-hybridized carbons (Fsp3) is 0.786. The van der Waals surface area contributed by atoms with Crippen LogP contribution in [0.3, 0.4) is 0 Å². The van der Waals surface area contributed by atoms with Crippen LogP contribution < -0.4 is 5.32 Å². The molecule has 0 atom stereocenters. The molecule has 0 unspecified atom stereocenters. The van der Waals surface area contributed by atoms with Gasteiger partial charge in [-0.05, 0) is 31.6 Å². The molecule has 1 N–H and O–H groups in total. The molecule has 0 aliphatic heterocycles. The molecular weight excluding hydrogens is 210 g/mol. The van der Waals surface area contributed by atoms with Gasteiger partial charge < -0.3 is 5.32 Å². The minimum atomic E-state index is 0.537. The molecule has 0 bridgehead atoms.